The van der Waals surface area contributed by atoms with Gasteiger partial charge in [0.15, 0.2) is 0 Å². The number of unbranched alkanes of at least 4 members (excludes halogenated alkanes) is 1. The van der Waals surface area contributed by atoms with Crippen molar-refractivity contribution in [1.29, 1.82) is 0 Å². The van der Waals surface area contributed by atoms with E-state index in [1.54, 1.807) is 7.11 Å². The highest BCUT2D eigenvalue weighted by Gasteiger charge is 2.13. The number of benzene rings is 2. The fourth-order valence-corrected chi connectivity index (χ4v) is 3.42. The first-order valence-corrected chi connectivity index (χ1v) is 9.98. The molecular weight excluding hydrogens is 322 g/mol. The molecular formula is C23H35NO2. The molecule has 2 aromatic carbocycles. The van der Waals surface area contributed by atoms with Gasteiger partial charge in [-0.3, -0.25) is 0 Å². The summed E-state index contributed by atoms with van der Waals surface area (Å²) in [6.45, 7) is 15.1. The first-order valence-electron chi connectivity index (χ1n) is 9.98. The minimum atomic E-state index is 0.431. The van der Waals surface area contributed by atoms with E-state index < -0.39 is 0 Å². The average Bonchev–Trinajstić information content (AvgIpc) is 2.65. The van der Waals surface area contributed by atoms with Gasteiger partial charge in [-0.25, -0.2) is 0 Å². The van der Waals surface area contributed by atoms with Crippen molar-refractivity contribution in [3.63, 3.8) is 0 Å². The van der Waals surface area contributed by atoms with E-state index in [9.17, 15) is 0 Å². The number of rotatable bonds is 10. The maximum Gasteiger partial charge on any atom is 0.130 e. The zero-order valence-electron chi connectivity index (χ0n) is 17.4. The van der Waals surface area contributed by atoms with Crippen LogP contribution in [-0.2, 0) is 0 Å². The van der Waals surface area contributed by atoms with Crippen molar-refractivity contribution in [3.05, 3.63) is 35.4 Å². The van der Waals surface area contributed by atoms with Gasteiger partial charge in [0.1, 0.15) is 11.5 Å². The van der Waals surface area contributed by atoms with Crippen molar-refractivity contribution in [1.82, 2.24) is 4.90 Å². The Morgan fingerprint density at radius 2 is 1.77 bits per heavy atom. The van der Waals surface area contributed by atoms with Gasteiger partial charge in [0, 0.05) is 5.39 Å². The fourth-order valence-electron chi connectivity index (χ4n) is 3.42. The highest BCUT2D eigenvalue weighted by molar-refractivity contribution is 5.91. The number of hydrogen-bond donors (Lipinski definition) is 0. The van der Waals surface area contributed by atoms with Crippen molar-refractivity contribution in [2.24, 2.45) is 0 Å². The number of ether oxygens (including phenoxy) is 2. The Morgan fingerprint density at radius 3 is 2.38 bits per heavy atom. The Hall–Kier alpha value is -1.74. The first kappa shape index (κ1) is 20.6. The zero-order chi connectivity index (χ0) is 19.1. The maximum absolute atomic E-state index is 6.22. The van der Waals surface area contributed by atoms with Crippen LogP contribution in [-0.4, -0.2) is 38.3 Å². The van der Waals surface area contributed by atoms with E-state index in [-0.39, 0.29) is 0 Å². The van der Waals surface area contributed by atoms with Crippen molar-refractivity contribution in [3.8, 4) is 11.5 Å². The third kappa shape index (κ3) is 4.91. The van der Waals surface area contributed by atoms with Gasteiger partial charge >= 0.3 is 0 Å². The standard InChI is InChI=1S/C23H35NO2/c1-7-24(8-2)13-9-10-14-26-23-18(5)11-12-19-15-20(17(3)4)22(25-6)16-21(19)23/h11-12,15-17H,7-10,13-14H2,1-6H3. The SMILES string of the molecule is CCN(CC)CCCCOc1c(C)ccc2cc(C(C)C)c(OC)cc12. The summed E-state index contributed by atoms with van der Waals surface area (Å²) in [5.74, 6) is 2.38. The topological polar surface area (TPSA) is 21.7 Å². The van der Waals surface area contributed by atoms with Crippen LogP contribution in [0.4, 0.5) is 0 Å². The first-order chi connectivity index (χ1) is 12.5. The molecule has 26 heavy (non-hydrogen) atoms. The number of methoxy groups -OCH3 is 1. The van der Waals surface area contributed by atoms with Crippen LogP contribution < -0.4 is 9.47 Å². The van der Waals surface area contributed by atoms with Gasteiger partial charge in [-0.2, -0.15) is 0 Å². The van der Waals surface area contributed by atoms with Gasteiger partial charge in [-0.1, -0.05) is 39.8 Å². The molecule has 0 fully saturated rings. The quantitative estimate of drug-likeness (QED) is 0.503. The summed E-state index contributed by atoms with van der Waals surface area (Å²) < 4.78 is 11.9. The van der Waals surface area contributed by atoms with Crippen LogP contribution in [0.1, 0.15) is 57.6 Å². The molecule has 0 aliphatic carbocycles. The molecule has 0 saturated carbocycles. The summed E-state index contributed by atoms with van der Waals surface area (Å²) in [6, 6.07) is 8.72. The fraction of sp³-hybridized carbons (Fsp3) is 0.565. The van der Waals surface area contributed by atoms with E-state index in [1.165, 1.54) is 22.9 Å². The molecule has 0 bridgehead atoms. The molecule has 0 saturated heterocycles. The predicted molar refractivity (Wildman–Crippen MR) is 112 cm³/mol. The van der Waals surface area contributed by atoms with Crippen molar-refractivity contribution < 1.29 is 9.47 Å². The second kappa shape index (κ2) is 9.82. The number of nitrogens with zero attached hydrogens (tertiary/aromatic N) is 1. The molecule has 2 rings (SSSR count). The van der Waals surface area contributed by atoms with Crippen LogP contribution in [0.3, 0.4) is 0 Å². The van der Waals surface area contributed by atoms with Crippen LogP contribution in [0.2, 0.25) is 0 Å². The van der Waals surface area contributed by atoms with E-state index >= 15 is 0 Å². The summed E-state index contributed by atoms with van der Waals surface area (Å²) in [6.07, 6.45) is 2.25. The van der Waals surface area contributed by atoms with E-state index in [4.69, 9.17) is 9.47 Å². The molecule has 0 unspecified atom stereocenters. The van der Waals surface area contributed by atoms with Crippen LogP contribution in [0, 0.1) is 6.92 Å². The second-order valence-corrected chi connectivity index (χ2v) is 7.26. The lowest BCUT2D eigenvalue weighted by Crippen LogP contribution is -2.24. The summed E-state index contributed by atoms with van der Waals surface area (Å²) in [7, 11) is 1.75. The van der Waals surface area contributed by atoms with Crippen LogP contribution in [0.15, 0.2) is 24.3 Å². The molecule has 0 amide bonds. The van der Waals surface area contributed by atoms with Crippen molar-refractivity contribution in [2.75, 3.05) is 33.4 Å². The molecule has 2 aromatic rings. The minimum absolute atomic E-state index is 0.431. The molecule has 0 aliphatic rings. The molecule has 0 aromatic heterocycles. The predicted octanol–water partition coefficient (Wildman–Crippen LogP) is 5.78. The molecule has 0 radical (unpaired) electrons. The molecule has 3 nitrogen and oxygen atoms in total. The Morgan fingerprint density at radius 1 is 1.04 bits per heavy atom. The van der Waals surface area contributed by atoms with Gasteiger partial charge in [0.05, 0.1) is 13.7 Å². The van der Waals surface area contributed by atoms with Crippen LogP contribution in [0.25, 0.3) is 10.8 Å². The van der Waals surface area contributed by atoms with E-state index in [1.807, 2.05) is 0 Å². The Labute approximate surface area is 159 Å². The summed E-state index contributed by atoms with van der Waals surface area (Å²) in [5, 5.41) is 2.37. The smallest absolute Gasteiger partial charge is 0.130 e. The molecule has 144 valence electrons. The molecule has 0 spiro atoms. The van der Waals surface area contributed by atoms with E-state index in [0.29, 0.717) is 5.92 Å². The number of fused-ring (bicyclic) bond motifs is 1. The Bertz CT molecular complexity index is 705. The maximum atomic E-state index is 6.22. The third-order valence-corrected chi connectivity index (χ3v) is 5.15. The Kier molecular flexibility index (Phi) is 7.77. The lowest BCUT2D eigenvalue weighted by Gasteiger charge is -2.19. The van der Waals surface area contributed by atoms with Gasteiger partial charge < -0.3 is 14.4 Å². The highest BCUT2D eigenvalue weighted by atomic mass is 16.5. The van der Waals surface area contributed by atoms with E-state index in [0.717, 1.165) is 49.5 Å². The average molecular weight is 358 g/mol. The third-order valence-electron chi connectivity index (χ3n) is 5.15. The summed E-state index contributed by atoms with van der Waals surface area (Å²) >= 11 is 0. The zero-order valence-corrected chi connectivity index (χ0v) is 17.4. The summed E-state index contributed by atoms with van der Waals surface area (Å²) in [4.78, 5) is 2.46. The van der Waals surface area contributed by atoms with Crippen molar-refractivity contribution >= 4 is 10.8 Å². The molecule has 0 atom stereocenters. The van der Waals surface area contributed by atoms with Gasteiger partial charge in [-0.15, -0.1) is 0 Å². The monoisotopic (exact) mass is 357 g/mol. The lowest BCUT2D eigenvalue weighted by atomic mass is 9.96. The van der Waals surface area contributed by atoms with Crippen LogP contribution >= 0.6 is 0 Å². The van der Waals surface area contributed by atoms with Crippen LogP contribution in [0.5, 0.6) is 11.5 Å². The number of hydrogen-bond acceptors (Lipinski definition) is 3. The lowest BCUT2D eigenvalue weighted by molar-refractivity contribution is 0.267. The normalized spacial score (nSPS) is 11.5. The highest BCUT2D eigenvalue weighted by Crippen LogP contribution is 2.37. The van der Waals surface area contributed by atoms with Gasteiger partial charge in [-0.05, 0) is 74.0 Å². The summed E-state index contributed by atoms with van der Waals surface area (Å²) in [5.41, 5.74) is 2.43. The second-order valence-electron chi connectivity index (χ2n) is 7.26. The van der Waals surface area contributed by atoms with E-state index in [2.05, 4.69) is 63.8 Å². The molecule has 3 heteroatoms. The minimum Gasteiger partial charge on any atom is -0.496 e. The number of aryl methyl sites for hydroxylation is 1. The molecule has 0 N–H and O–H groups in total. The molecule has 0 aliphatic heterocycles. The molecule has 0 heterocycles. The van der Waals surface area contributed by atoms with Gasteiger partial charge in [0.2, 0.25) is 0 Å². The van der Waals surface area contributed by atoms with Crippen molar-refractivity contribution in [2.45, 2.75) is 53.4 Å². The Balaban J connectivity index is 2.15. The van der Waals surface area contributed by atoms with Gasteiger partial charge in [0.25, 0.3) is 0 Å². The largest absolute Gasteiger partial charge is 0.496 e.